The van der Waals surface area contributed by atoms with Crippen LogP contribution < -0.4 is 4.74 Å². The van der Waals surface area contributed by atoms with Crippen LogP contribution in [-0.4, -0.2) is 47.5 Å². The Kier molecular flexibility index (Phi) is 3.02. The number of benzene rings is 2. The molecule has 0 saturated carbocycles. The Bertz CT molecular complexity index is 995. The minimum atomic E-state index is -0.442. The summed E-state index contributed by atoms with van der Waals surface area (Å²) in [5.41, 5.74) is 1.02. The van der Waals surface area contributed by atoms with Gasteiger partial charge >= 0.3 is 0 Å². The molecule has 25 heavy (non-hydrogen) atoms. The molecule has 4 amide bonds. The Balaban J connectivity index is 1.75. The van der Waals surface area contributed by atoms with Crippen molar-refractivity contribution in [2.45, 2.75) is 0 Å². The summed E-state index contributed by atoms with van der Waals surface area (Å²) in [6.45, 7) is 0. The van der Waals surface area contributed by atoms with Gasteiger partial charge in [0.25, 0.3) is 23.6 Å². The normalized spacial score (nSPS) is 15.8. The van der Waals surface area contributed by atoms with Crippen LogP contribution in [0.1, 0.15) is 41.4 Å². The number of imide groups is 2. The van der Waals surface area contributed by atoms with E-state index in [2.05, 4.69) is 0 Å². The van der Waals surface area contributed by atoms with E-state index in [0.29, 0.717) is 11.3 Å². The third-order valence-electron chi connectivity index (χ3n) is 4.37. The van der Waals surface area contributed by atoms with Crippen LogP contribution in [-0.2, 0) is 0 Å². The predicted molar refractivity (Wildman–Crippen MR) is 85.8 cm³/mol. The van der Waals surface area contributed by atoms with Gasteiger partial charge in [-0.05, 0) is 30.3 Å². The topological polar surface area (TPSA) is 84.0 Å². The zero-order valence-electron chi connectivity index (χ0n) is 13.4. The van der Waals surface area contributed by atoms with Crippen molar-refractivity contribution in [3.05, 3.63) is 58.7 Å². The van der Waals surface area contributed by atoms with Crippen LogP contribution in [0.5, 0.6) is 11.5 Å². The molecular formula is C18H12N2O5. The van der Waals surface area contributed by atoms with Crippen LogP contribution in [0.3, 0.4) is 0 Å². The second-order valence-corrected chi connectivity index (χ2v) is 5.83. The standard InChI is InChI=1S/C18H12N2O5/c1-19-15(21)10-7-6-9(8-12(10)17(19)23)25-13-5-3-4-11-14(13)18(24)20(2)16(11)22/h3-8H,1-2H3. The second-order valence-electron chi connectivity index (χ2n) is 5.83. The molecule has 0 N–H and O–H groups in total. The molecule has 0 radical (unpaired) electrons. The number of hydrogen-bond donors (Lipinski definition) is 0. The Morgan fingerprint density at radius 1 is 0.720 bits per heavy atom. The van der Waals surface area contributed by atoms with Gasteiger partial charge in [0.15, 0.2) is 0 Å². The monoisotopic (exact) mass is 336 g/mol. The van der Waals surface area contributed by atoms with Gasteiger partial charge < -0.3 is 4.74 Å². The van der Waals surface area contributed by atoms with Crippen molar-refractivity contribution in [3.8, 4) is 11.5 Å². The van der Waals surface area contributed by atoms with Crippen LogP contribution in [0.2, 0.25) is 0 Å². The van der Waals surface area contributed by atoms with E-state index in [0.717, 1.165) is 9.80 Å². The van der Waals surface area contributed by atoms with Gasteiger partial charge in [-0.3, -0.25) is 29.0 Å². The van der Waals surface area contributed by atoms with E-state index in [1.165, 1.54) is 26.2 Å². The molecule has 2 aromatic carbocycles. The summed E-state index contributed by atoms with van der Waals surface area (Å²) < 4.78 is 5.75. The summed E-state index contributed by atoms with van der Waals surface area (Å²) in [5.74, 6) is -1.07. The lowest BCUT2D eigenvalue weighted by Crippen LogP contribution is -2.24. The van der Waals surface area contributed by atoms with Gasteiger partial charge in [-0.2, -0.15) is 0 Å². The maximum absolute atomic E-state index is 12.3. The average Bonchev–Trinajstić information content (AvgIpc) is 2.97. The van der Waals surface area contributed by atoms with Crippen molar-refractivity contribution in [2.24, 2.45) is 0 Å². The van der Waals surface area contributed by atoms with Crippen LogP contribution >= 0.6 is 0 Å². The molecule has 0 aromatic heterocycles. The maximum atomic E-state index is 12.3. The molecular weight excluding hydrogens is 324 g/mol. The number of nitrogens with zero attached hydrogens (tertiary/aromatic N) is 2. The fraction of sp³-hybridized carbons (Fsp3) is 0.111. The Morgan fingerprint density at radius 3 is 2.12 bits per heavy atom. The van der Waals surface area contributed by atoms with Crippen molar-refractivity contribution in [3.63, 3.8) is 0 Å². The highest BCUT2D eigenvalue weighted by Crippen LogP contribution is 2.34. The number of carbonyl (C=O) groups is 4. The minimum Gasteiger partial charge on any atom is -0.456 e. The second kappa shape index (κ2) is 5.01. The van der Waals surface area contributed by atoms with Crippen LogP contribution in [0, 0.1) is 0 Å². The molecule has 0 fully saturated rings. The molecule has 2 aliphatic heterocycles. The number of hydrogen-bond acceptors (Lipinski definition) is 5. The summed E-state index contributed by atoms with van der Waals surface area (Å²) in [6.07, 6.45) is 0. The first-order chi connectivity index (χ1) is 11.9. The Labute approximate surface area is 142 Å². The SMILES string of the molecule is CN1C(=O)c2ccc(Oc3cccc4c3C(=O)N(C)C4=O)cc2C1=O. The average molecular weight is 336 g/mol. The number of carbonyl (C=O) groups excluding carboxylic acids is 4. The molecule has 4 rings (SSSR count). The number of amides is 4. The first-order valence-corrected chi connectivity index (χ1v) is 7.50. The quantitative estimate of drug-likeness (QED) is 0.783. The van der Waals surface area contributed by atoms with E-state index in [-0.39, 0.29) is 34.3 Å². The fourth-order valence-electron chi connectivity index (χ4n) is 2.99. The summed E-state index contributed by atoms with van der Waals surface area (Å²) in [5, 5.41) is 0. The van der Waals surface area contributed by atoms with Gasteiger partial charge in [-0.25, -0.2) is 0 Å². The van der Waals surface area contributed by atoms with Gasteiger partial charge in [-0.15, -0.1) is 0 Å². The van der Waals surface area contributed by atoms with Crippen LogP contribution in [0.15, 0.2) is 36.4 Å². The molecule has 0 saturated heterocycles. The molecule has 0 unspecified atom stereocenters. The van der Waals surface area contributed by atoms with Crippen LogP contribution in [0.25, 0.3) is 0 Å². The maximum Gasteiger partial charge on any atom is 0.265 e. The lowest BCUT2D eigenvalue weighted by atomic mass is 10.1. The highest BCUT2D eigenvalue weighted by molar-refractivity contribution is 6.22. The van der Waals surface area contributed by atoms with Gasteiger partial charge in [0, 0.05) is 14.1 Å². The van der Waals surface area contributed by atoms with Gasteiger partial charge in [0.2, 0.25) is 0 Å². The van der Waals surface area contributed by atoms with E-state index in [4.69, 9.17) is 4.74 Å². The summed E-state index contributed by atoms with van der Waals surface area (Å²) >= 11 is 0. The number of fused-ring (bicyclic) bond motifs is 2. The third kappa shape index (κ3) is 1.99. The van der Waals surface area contributed by atoms with Gasteiger partial charge in [0.1, 0.15) is 11.5 Å². The largest absolute Gasteiger partial charge is 0.456 e. The molecule has 2 aliphatic rings. The van der Waals surface area contributed by atoms with E-state index in [1.807, 2.05) is 0 Å². The summed E-state index contributed by atoms with van der Waals surface area (Å²) in [6, 6.07) is 9.28. The molecule has 7 heteroatoms. The van der Waals surface area contributed by atoms with E-state index < -0.39 is 11.8 Å². The smallest absolute Gasteiger partial charge is 0.265 e. The molecule has 2 heterocycles. The highest BCUT2D eigenvalue weighted by Gasteiger charge is 2.36. The van der Waals surface area contributed by atoms with Crippen molar-refractivity contribution in [1.29, 1.82) is 0 Å². The van der Waals surface area contributed by atoms with E-state index >= 15 is 0 Å². The molecule has 0 spiro atoms. The molecule has 0 bridgehead atoms. The first-order valence-electron chi connectivity index (χ1n) is 7.50. The fourth-order valence-corrected chi connectivity index (χ4v) is 2.99. The van der Waals surface area contributed by atoms with E-state index in [1.54, 1.807) is 24.3 Å². The third-order valence-corrected chi connectivity index (χ3v) is 4.37. The summed E-state index contributed by atoms with van der Waals surface area (Å²) in [7, 11) is 2.82. The Morgan fingerprint density at radius 2 is 1.36 bits per heavy atom. The van der Waals surface area contributed by atoms with Crippen molar-refractivity contribution in [2.75, 3.05) is 14.1 Å². The summed E-state index contributed by atoms with van der Waals surface area (Å²) in [4.78, 5) is 50.4. The number of ether oxygens (including phenoxy) is 1. The van der Waals surface area contributed by atoms with Crippen LogP contribution in [0.4, 0.5) is 0 Å². The lowest BCUT2D eigenvalue weighted by molar-refractivity contribution is 0.0677. The zero-order chi connectivity index (χ0) is 17.9. The highest BCUT2D eigenvalue weighted by atomic mass is 16.5. The molecule has 2 aromatic rings. The van der Waals surface area contributed by atoms with Crippen molar-refractivity contribution >= 4 is 23.6 Å². The Hall–Kier alpha value is -3.48. The molecule has 0 atom stereocenters. The molecule has 124 valence electrons. The number of rotatable bonds is 2. The van der Waals surface area contributed by atoms with Gasteiger partial charge in [-0.1, -0.05) is 6.07 Å². The van der Waals surface area contributed by atoms with Crippen molar-refractivity contribution in [1.82, 2.24) is 9.80 Å². The molecule has 7 nitrogen and oxygen atoms in total. The minimum absolute atomic E-state index is 0.190. The molecule has 0 aliphatic carbocycles. The van der Waals surface area contributed by atoms with Crippen molar-refractivity contribution < 1.29 is 23.9 Å². The lowest BCUT2D eigenvalue weighted by Gasteiger charge is -2.09. The zero-order valence-corrected chi connectivity index (χ0v) is 13.4. The first kappa shape index (κ1) is 15.1. The van der Waals surface area contributed by atoms with Gasteiger partial charge in [0.05, 0.1) is 22.3 Å². The predicted octanol–water partition coefficient (Wildman–Crippen LogP) is 1.93. The van der Waals surface area contributed by atoms with E-state index in [9.17, 15) is 19.2 Å².